The van der Waals surface area contributed by atoms with Gasteiger partial charge >= 0.3 is 15.5 Å². The first-order valence-electron chi connectivity index (χ1n) is 9.04. The van der Waals surface area contributed by atoms with E-state index in [1.165, 1.54) is 12.1 Å². The highest BCUT2D eigenvalue weighted by Gasteiger charge is 2.46. The number of alkyl halides is 3. The highest BCUT2D eigenvalue weighted by Crippen LogP contribution is 2.28. The van der Waals surface area contributed by atoms with E-state index in [-0.39, 0.29) is 11.3 Å². The highest BCUT2D eigenvalue weighted by molar-refractivity contribution is 7.93. The maximum Gasteiger partial charge on any atom is 0.516 e. The minimum absolute atomic E-state index is 0.171. The summed E-state index contributed by atoms with van der Waals surface area (Å²) in [5.74, 6) is 0. The number of anilines is 2. The number of benzene rings is 2. The number of hydrogen-bond donors (Lipinski definition) is 1. The zero-order valence-electron chi connectivity index (χ0n) is 16.7. The second kappa shape index (κ2) is 8.86. The molecule has 0 saturated heterocycles. The predicted octanol–water partition coefficient (Wildman–Crippen LogP) is 5.21. The lowest BCUT2D eigenvalue weighted by molar-refractivity contribution is -0.0429. The maximum atomic E-state index is 12.8. The summed E-state index contributed by atoms with van der Waals surface area (Å²) in [4.78, 5) is 0. The number of hydrogen-bond acceptors (Lipinski definition) is 4. The normalized spacial score (nSPS) is 12.7. The van der Waals surface area contributed by atoms with E-state index in [1.54, 1.807) is 29.6 Å². The van der Waals surface area contributed by atoms with Crippen LogP contribution < -0.4 is 9.73 Å². The van der Waals surface area contributed by atoms with Gasteiger partial charge in [-0.1, -0.05) is 36.8 Å². The number of para-hydroxylation sites is 1. The molecule has 2 aromatic carbocycles. The van der Waals surface area contributed by atoms with E-state index < -0.39 is 15.5 Å². The van der Waals surface area contributed by atoms with Gasteiger partial charge in [0.15, 0.2) is 0 Å². The average Bonchev–Trinajstić information content (AvgIpc) is 2.62. The van der Waals surface area contributed by atoms with Crippen LogP contribution in [0, 0.1) is 13.8 Å². The molecule has 2 aromatic rings. The van der Waals surface area contributed by atoms with Crippen molar-refractivity contribution in [3.63, 3.8) is 0 Å². The van der Waals surface area contributed by atoms with Crippen molar-refractivity contribution in [3.05, 3.63) is 59.2 Å². The Kier molecular flexibility index (Phi) is 6.94. The van der Waals surface area contributed by atoms with Crippen LogP contribution in [0.1, 0.15) is 37.0 Å². The van der Waals surface area contributed by atoms with Gasteiger partial charge in [0.2, 0.25) is 0 Å². The molecule has 0 aliphatic heterocycles. The quantitative estimate of drug-likeness (QED) is 0.488. The summed E-state index contributed by atoms with van der Waals surface area (Å²) in [7, 11) is -5.54. The molecule has 0 amide bonds. The Morgan fingerprint density at radius 2 is 1.79 bits per heavy atom. The van der Waals surface area contributed by atoms with Gasteiger partial charge in [0.25, 0.3) is 0 Å². The molecule has 0 aliphatic carbocycles. The Morgan fingerprint density at radius 3 is 2.38 bits per heavy atom. The van der Waals surface area contributed by atoms with Gasteiger partial charge < -0.3 is 0 Å². The third-order valence-corrected chi connectivity index (χ3v) is 5.31. The number of nitrogens with one attached hydrogen (secondary N) is 1. The minimum atomic E-state index is -5.54. The maximum absolute atomic E-state index is 12.8. The zero-order valence-corrected chi connectivity index (χ0v) is 17.5. The van der Waals surface area contributed by atoms with Crippen LogP contribution in [0.25, 0.3) is 0 Å². The van der Waals surface area contributed by atoms with Crippen molar-refractivity contribution in [1.82, 2.24) is 0 Å². The molecular weight excluding hydrogens is 403 g/mol. The largest absolute Gasteiger partial charge is 0.516 e. The van der Waals surface area contributed by atoms with Crippen LogP contribution in [0.5, 0.6) is 0 Å². The van der Waals surface area contributed by atoms with E-state index in [4.69, 9.17) is 0 Å². The molecule has 0 spiro atoms. The van der Waals surface area contributed by atoms with Gasteiger partial charge in [0.05, 0.1) is 17.1 Å². The molecule has 0 aliphatic rings. The van der Waals surface area contributed by atoms with Crippen LogP contribution in [0.3, 0.4) is 0 Å². The summed E-state index contributed by atoms with van der Waals surface area (Å²) in [5, 5.41) is 6.37. The number of aryl methyl sites for hydroxylation is 2. The summed E-state index contributed by atoms with van der Waals surface area (Å²) in [6, 6.07) is 12.1. The molecule has 9 heteroatoms. The second-order valence-corrected chi connectivity index (χ2v) is 8.37. The summed E-state index contributed by atoms with van der Waals surface area (Å²) in [6.07, 6.45) is 0.798. The van der Waals surface area contributed by atoms with E-state index in [1.807, 2.05) is 38.1 Å². The molecule has 29 heavy (non-hydrogen) atoms. The minimum Gasteiger partial charge on any atom is -0.275 e. The third kappa shape index (κ3) is 5.50. The Balaban J connectivity index is 2.52. The van der Waals surface area contributed by atoms with Crippen LogP contribution in [0.15, 0.2) is 47.6 Å². The van der Waals surface area contributed by atoms with Crippen molar-refractivity contribution in [3.8, 4) is 0 Å². The first kappa shape index (κ1) is 22.7. The van der Waals surface area contributed by atoms with Crippen molar-refractivity contribution in [2.45, 2.75) is 39.6 Å². The zero-order chi connectivity index (χ0) is 21.8. The SMILES string of the molecule is CCCN(/N=C(\C)c1cc(C)ccc1NS(=O)(=O)C(F)(F)F)c1ccccc1C. The fourth-order valence-electron chi connectivity index (χ4n) is 2.77. The molecule has 0 heterocycles. The molecule has 5 nitrogen and oxygen atoms in total. The van der Waals surface area contributed by atoms with E-state index in [0.29, 0.717) is 12.3 Å². The van der Waals surface area contributed by atoms with Gasteiger partial charge in [-0.2, -0.15) is 26.7 Å². The van der Waals surface area contributed by atoms with Gasteiger partial charge in [0.1, 0.15) is 0 Å². The molecule has 0 aromatic heterocycles. The van der Waals surface area contributed by atoms with Gasteiger partial charge in [-0.15, -0.1) is 0 Å². The molecule has 0 unspecified atom stereocenters. The molecule has 158 valence electrons. The summed E-state index contributed by atoms with van der Waals surface area (Å²) < 4.78 is 63.3. The smallest absolute Gasteiger partial charge is 0.275 e. The van der Waals surface area contributed by atoms with Crippen LogP contribution in [-0.2, 0) is 10.0 Å². The van der Waals surface area contributed by atoms with E-state index in [0.717, 1.165) is 23.2 Å². The summed E-state index contributed by atoms with van der Waals surface area (Å²) >= 11 is 0. The molecule has 0 atom stereocenters. The Bertz CT molecular complexity index is 1000. The third-order valence-electron chi connectivity index (χ3n) is 4.21. The highest BCUT2D eigenvalue weighted by atomic mass is 32.2. The number of rotatable bonds is 7. The van der Waals surface area contributed by atoms with Gasteiger partial charge in [-0.05, 0) is 51.0 Å². The fraction of sp³-hybridized carbons (Fsp3) is 0.350. The fourth-order valence-corrected chi connectivity index (χ4v) is 3.36. The molecular formula is C20H24F3N3O2S. The van der Waals surface area contributed by atoms with E-state index >= 15 is 0 Å². The van der Waals surface area contributed by atoms with E-state index in [9.17, 15) is 21.6 Å². The lowest BCUT2D eigenvalue weighted by Gasteiger charge is -2.22. The van der Waals surface area contributed by atoms with Crippen LogP contribution >= 0.6 is 0 Å². The molecule has 0 radical (unpaired) electrons. The second-order valence-electron chi connectivity index (χ2n) is 6.70. The number of hydrazone groups is 1. The standard InChI is InChI=1S/C20H24F3N3O2S/c1-5-12-26(19-9-7-6-8-15(19)3)24-16(4)17-13-14(2)10-11-18(17)25-29(27,28)20(21,22)23/h6-11,13,25H,5,12H2,1-4H3/b24-16+. The van der Waals surface area contributed by atoms with Crippen molar-refractivity contribution in [2.75, 3.05) is 16.3 Å². The number of halogens is 3. The Morgan fingerprint density at radius 1 is 1.14 bits per heavy atom. The van der Waals surface area contributed by atoms with E-state index in [2.05, 4.69) is 5.10 Å². The lowest BCUT2D eigenvalue weighted by Crippen LogP contribution is -2.30. The first-order valence-corrected chi connectivity index (χ1v) is 10.5. The number of nitrogens with zero attached hydrogens (tertiary/aromatic N) is 2. The first-order chi connectivity index (χ1) is 13.5. The topological polar surface area (TPSA) is 61.8 Å². The van der Waals surface area contributed by atoms with Crippen LogP contribution in [-0.4, -0.2) is 26.2 Å². The summed E-state index contributed by atoms with van der Waals surface area (Å²) in [5.41, 5.74) is -2.26. The van der Waals surface area contributed by atoms with Gasteiger partial charge in [-0.25, -0.2) is 0 Å². The van der Waals surface area contributed by atoms with Crippen LogP contribution in [0.2, 0.25) is 0 Å². The molecule has 0 saturated carbocycles. The molecule has 1 N–H and O–H groups in total. The van der Waals surface area contributed by atoms with Crippen LogP contribution in [0.4, 0.5) is 24.5 Å². The molecule has 0 bridgehead atoms. The van der Waals surface area contributed by atoms with Crippen molar-refractivity contribution < 1.29 is 21.6 Å². The van der Waals surface area contributed by atoms with Gasteiger partial charge in [0, 0.05) is 12.1 Å². The van der Waals surface area contributed by atoms with Crippen molar-refractivity contribution in [1.29, 1.82) is 0 Å². The lowest BCUT2D eigenvalue weighted by atomic mass is 10.1. The van der Waals surface area contributed by atoms with Gasteiger partial charge in [-0.3, -0.25) is 9.73 Å². The molecule has 0 fully saturated rings. The predicted molar refractivity (Wildman–Crippen MR) is 111 cm³/mol. The monoisotopic (exact) mass is 427 g/mol. The van der Waals surface area contributed by atoms with Crippen molar-refractivity contribution >= 4 is 27.1 Å². The summed E-state index contributed by atoms with van der Waals surface area (Å²) in [6.45, 7) is 7.94. The van der Waals surface area contributed by atoms with Crippen molar-refractivity contribution in [2.24, 2.45) is 5.10 Å². The number of sulfonamides is 1. The average molecular weight is 427 g/mol. The Labute approximate surface area is 169 Å². The Hall–Kier alpha value is -2.55. The molecule has 2 rings (SSSR count).